The minimum Gasteiger partial charge on any atom is -0.322 e. The summed E-state index contributed by atoms with van der Waals surface area (Å²) < 4.78 is 0. The molecule has 0 aliphatic carbocycles. The van der Waals surface area contributed by atoms with E-state index < -0.39 is 5.54 Å². The zero-order valence-corrected chi connectivity index (χ0v) is 9.85. The molecule has 2 aliphatic heterocycles. The Bertz CT molecular complexity index is 482. The molecule has 18 heavy (non-hydrogen) atoms. The van der Waals surface area contributed by atoms with Crippen LogP contribution in [0.15, 0.2) is 24.5 Å². The van der Waals surface area contributed by atoms with Crippen LogP contribution in [0.25, 0.3) is 0 Å². The fourth-order valence-electron chi connectivity index (χ4n) is 2.48. The number of aromatic nitrogens is 1. The molecule has 3 rings (SSSR count). The third-order valence-electron chi connectivity index (χ3n) is 3.46. The molecule has 2 fully saturated rings. The number of carbonyl (C=O) groups is 2. The molecule has 1 unspecified atom stereocenters. The Morgan fingerprint density at radius 2 is 2.33 bits per heavy atom. The number of imide groups is 1. The molecular formula is C12H14N4O2. The highest BCUT2D eigenvalue weighted by atomic mass is 16.2. The van der Waals surface area contributed by atoms with Crippen molar-refractivity contribution in [3.8, 4) is 0 Å². The van der Waals surface area contributed by atoms with E-state index in [-0.39, 0.29) is 18.5 Å². The summed E-state index contributed by atoms with van der Waals surface area (Å²) in [6.45, 7) is 1.55. The van der Waals surface area contributed by atoms with Gasteiger partial charge in [0, 0.05) is 18.9 Å². The van der Waals surface area contributed by atoms with Crippen LogP contribution in [0, 0.1) is 0 Å². The van der Waals surface area contributed by atoms with Crippen molar-refractivity contribution in [3.63, 3.8) is 0 Å². The first-order chi connectivity index (χ1) is 8.71. The lowest BCUT2D eigenvalue weighted by molar-refractivity contribution is -0.131. The molecule has 1 aromatic heterocycles. The largest absolute Gasteiger partial charge is 0.325 e. The number of hydrogen-bond donors (Lipinski definition) is 2. The molecule has 1 aromatic rings. The first-order valence-corrected chi connectivity index (χ1v) is 5.95. The maximum Gasteiger partial charge on any atom is 0.325 e. The van der Waals surface area contributed by atoms with Crippen molar-refractivity contribution >= 4 is 11.9 Å². The van der Waals surface area contributed by atoms with E-state index in [2.05, 4.69) is 15.6 Å². The molecule has 6 nitrogen and oxygen atoms in total. The van der Waals surface area contributed by atoms with E-state index in [9.17, 15) is 9.59 Å². The third kappa shape index (κ3) is 1.65. The van der Waals surface area contributed by atoms with Crippen LogP contribution >= 0.6 is 0 Å². The predicted molar refractivity (Wildman–Crippen MR) is 63.5 cm³/mol. The number of hydrogen-bond acceptors (Lipinski definition) is 4. The van der Waals surface area contributed by atoms with E-state index in [4.69, 9.17) is 0 Å². The van der Waals surface area contributed by atoms with Crippen LogP contribution in [0.4, 0.5) is 4.79 Å². The van der Waals surface area contributed by atoms with E-state index in [1.54, 1.807) is 18.5 Å². The van der Waals surface area contributed by atoms with E-state index >= 15 is 0 Å². The maximum absolute atomic E-state index is 12.3. The summed E-state index contributed by atoms with van der Waals surface area (Å²) in [6, 6.07) is 3.33. The van der Waals surface area contributed by atoms with E-state index in [1.165, 1.54) is 4.90 Å². The minimum atomic E-state index is -0.723. The van der Waals surface area contributed by atoms with E-state index in [1.807, 2.05) is 6.07 Å². The molecular weight excluding hydrogens is 232 g/mol. The second kappa shape index (κ2) is 4.06. The number of amides is 3. The normalized spacial score (nSPS) is 27.0. The van der Waals surface area contributed by atoms with Gasteiger partial charge in [0.15, 0.2) is 0 Å². The van der Waals surface area contributed by atoms with Crippen LogP contribution in [0.5, 0.6) is 0 Å². The summed E-state index contributed by atoms with van der Waals surface area (Å²) in [5.41, 5.74) is 0.128. The molecule has 94 valence electrons. The molecule has 0 radical (unpaired) electrons. The maximum atomic E-state index is 12.3. The smallest absolute Gasteiger partial charge is 0.322 e. The van der Waals surface area contributed by atoms with Crippen LogP contribution in [-0.4, -0.2) is 40.5 Å². The highest BCUT2D eigenvalue weighted by Gasteiger charge is 2.52. The van der Waals surface area contributed by atoms with Crippen molar-refractivity contribution in [2.45, 2.75) is 18.5 Å². The number of pyridine rings is 1. The fourth-order valence-corrected chi connectivity index (χ4v) is 2.48. The lowest BCUT2D eigenvalue weighted by Gasteiger charge is -2.19. The Morgan fingerprint density at radius 3 is 3.00 bits per heavy atom. The Labute approximate surface area is 104 Å². The predicted octanol–water partition coefficient (Wildman–Crippen LogP) is -0.134. The lowest BCUT2D eigenvalue weighted by Crippen LogP contribution is -2.48. The summed E-state index contributed by atoms with van der Waals surface area (Å²) in [5.74, 6) is -0.138. The molecule has 0 bridgehead atoms. The van der Waals surface area contributed by atoms with Gasteiger partial charge >= 0.3 is 6.03 Å². The van der Waals surface area contributed by atoms with Crippen molar-refractivity contribution < 1.29 is 9.59 Å². The Hall–Kier alpha value is -1.95. The Balaban J connectivity index is 1.81. The monoisotopic (exact) mass is 246 g/mol. The summed E-state index contributed by atoms with van der Waals surface area (Å²) >= 11 is 0. The van der Waals surface area contributed by atoms with E-state index in [0.717, 1.165) is 12.1 Å². The van der Waals surface area contributed by atoms with Crippen molar-refractivity contribution in [2.24, 2.45) is 0 Å². The number of urea groups is 1. The van der Waals surface area contributed by atoms with Crippen LogP contribution in [0.3, 0.4) is 0 Å². The summed E-state index contributed by atoms with van der Waals surface area (Å²) in [4.78, 5) is 29.5. The molecule has 3 heterocycles. The third-order valence-corrected chi connectivity index (χ3v) is 3.46. The van der Waals surface area contributed by atoms with Crippen molar-refractivity contribution in [3.05, 3.63) is 30.1 Å². The van der Waals surface area contributed by atoms with Crippen molar-refractivity contribution in [1.82, 2.24) is 20.5 Å². The van der Waals surface area contributed by atoms with Crippen LogP contribution in [-0.2, 0) is 11.3 Å². The first-order valence-electron chi connectivity index (χ1n) is 5.95. The van der Waals surface area contributed by atoms with Crippen molar-refractivity contribution in [1.29, 1.82) is 0 Å². The zero-order valence-electron chi connectivity index (χ0n) is 9.85. The highest BCUT2D eigenvalue weighted by molar-refractivity contribution is 6.07. The average molecular weight is 246 g/mol. The van der Waals surface area contributed by atoms with Gasteiger partial charge in [-0.2, -0.15) is 0 Å². The van der Waals surface area contributed by atoms with Gasteiger partial charge in [0.25, 0.3) is 5.91 Å². The number of carbonyl (C=O) groups excluding carboxylic acids is 2. The summed E-state index contributed by atoms with van der Waals surface area (Å²) in [7, 11) is 0. The molecule has 6 heteroatoms. The number of rotatable bonds is 2. The zero-order chi connectivity index (χ0) is 12.6. The van der Waals surface area contributed by atoms with Gasteiger partial charge in [-0.3, -0.25) is 14.7 Å². The molecule has 2 aliphatic rings. The number of nitrogens with zero attached hydrogens (tertiary/aromatic N) is 2. The number of nitrogens with one attached hydrogen (secondary N) is 2. The molecule has 0 saturated carbocycles. The fraction of sp³-hybridized carbons (Fsp3) is 0.417. The van der Waals surface area contributed by atoms with Gasteiger partial charge in [-0.1, -0.05) is 6.07 Å². The summed E-state index contributed by atoms with van der Waals surface area (Å²) in [5, 5.41) is 5.92. The van der Waals surface area contributed by atoms with Gasteiger partial charge in [0.1, 0.15) is 5.54 Å². The van der Waals surface area contributed by atoms with Crippen LogP contribution in [0.2, 0.25) is 0 Å². The topological polar surface area (TPSA) is 74.3 Å². The molecule has 2 N–H and O–H groups in total. The standard InChI is InChI=1S/C12H14N4O2/c17-10-12(3-5-14-8-12)15-11(18)16(10)7-9-2-1-4-13-6-9/h1-2,4,6,14H,3,5,7-8H2,(H,15,18). The van der Waals surface area contributed by atoms with Gasteiger partial charge in [-0.25, -0.2) is 4.79 Å². The molecule has 3 amide bonds. The Kier molecular flexibility index (Phi) is 2.52. The van der Waals surface area contributed by atoms with Gasteiger partial charge in [-0.15, -0.1) is 0 Å². The second-order valence-electron chi connectivity index (χ2n) is 4.69. The highest BCUT2D eigenvalue weighted by Crippen LogP contribution is 2.25. The lowest BCUT2D eigenvalue weighted by atomic mass is 9.99. The molecule has 1 spiro atoms. The van der Waals surface area contributed by atoms with Crippen LogP contribution in [0.1, 0.15) is 12.0 Å². The quantitative estimate of drug-likeness (QED) is 0.713. The van der Waals surface area contributed by atoms with Gasteiger partial charge in [-0.05, 0) is 24.6 Å². The minimum absolute atomic E-state index is 0.138. The first kappa shape index (κ1) is 11.2. The average Bonchev–Trinajstić information content (AvgIpc) is 2.93. The van der Waals surface area contributed by atoms with Crippen LogP contribution < -0.4 is 10.6 Å². The Morgan fingerprint density at radius 1 is 1.44 bits per heavy atom. The van der Waals surface area contributed by atoms with Gasteiger partial charge in [0.05, 0.1) is 6.54 Å². The van der Waals surface area contributed by atoms with Gasteiger partial charge < -0.3 is 10.6 Å². The molecule has 1 atom stereocenters. The second-order valence-corrected chi connectivity index (χ2v) is 4.69. The SMILES string of the molecule is O=C1NC2(CCNC2)C(=O)N1Cc1cccnc1. The van der Waals surface area contributed by atoms with Gasteiger partial charge in [0.2, 0.25) is 0 Å². The van der Waals surface area contributed by atoms with Crippen molar-refractivity contribution in [2.75, 3.05) is 13.1 Å². The molecule has 0 aromatic carbocycles. The molecule has 2 saturated heterocycles. The summed E-state index contributed by atoms with van der Waals surface area (Å²) in [6.07, 6.45) is 3.98. The van der Waals surface area contributed by atoms with E-state index in [0.29, 0.717) is 13.0 Å².